The molecule has 4 aromatic carbocycles. The van der Waals surface area contributed by atoms with E-state index < -0.39 is 7.26 Å². The van der Waals surface area contributed by atoms with E-state index in [0.717, 1.165) is 11.9 Å². The average molecular weight is 438 g/mol. The summed E-state index contributed by atoms with van der Waals surface area (Å²) in [6, 6.07) is 41.2. The molecule has 0 saturated heterocycles. The van der Waals surface area contributed by atoms with E-state index in [4.69, 9.17) is 0 Å². The number of hydrazone groups is 1. The average Bonchev–Trinajstić information content (AvgIpc) is 2.88. The Morgan fingerprint density at radius 3 is 1.44 bits per heavy atom. The minimum atomic E-state index is -2.02. The molecule has 0 aliphatic heterocycles. The zero-order chi connectivity index (χ0) is 22.2. The zero-order valence-electron chi connectivity index (χ0n) is 18.1. The largest absolute Gasteiger partial charge is 0.271 e. The van der Waals surface area contributed by atoms with Crippen molar-refractivity contribution in [3.63, 3.8) is 0 Å². The van der Waals surface area contributed by atoms with E-state index in [1.54, 1.807) is 12.1 Å². The van der Waals surface area contributed by atoms with Gasteiger partial charge in [0.2, 0.25) is 0 Å². The number of benzene rings is 4. The molecule has 0 unspecified atom stereocenters. The van der Waals surface area contributed by atoms with Gasteiger partial charge in [-0.25, -0.2) is 5.43 Å². The molecule has 32 heavy (non-hydrogen) atoms. The van der Waals surface area contributed by atoms with Crippen LogP contribution in [0.1, 0.15) is 17.3 Å². The highest BCUT2D eigenvalue weighted by Crippen LogP contribution is 2.55. The van der Waals surface area contributed by atoms with Gasteiger partial charge in [-0.05, 0) is 55.5 Å². The third kappa shape index (κ3) is 4.69. The Morgan fingerprint density at radius 2 is 1.03 bits per heavy atom. The highest BCUT2D eigenvalue weighted by molar-refractivity contribution is 7.96. The van der Waals surface area contributed by atoms with Gasteiger partial charge in [-0.2, -0.15) is 5.10 Å². The fourth-order valence-corrected chi connectivity index (χ4v) is 8.19. The van der Waals surface area contributed by atoms with Crippen molar-refractivity contribution in [2.24, 2.45) is 5.10 Å². The lowest BCUT2D eigenvalue weighted by atomic mass is 10.2. The molecule has 3 nitrogen and oxygen atoms in total. The Kier molecular flexibility index (Phi) is 6.89. The van der Waals surface area contributed by atoms with Crippen LogP contribution in [-0.4, -0.2) is 17.8 Å². The van der Waals surface area contributed by atoms with Crippen molar-refractivity contribution in [3.05, 3.63) is 127 Å². The number of carbonyl (C=O) groups excluding carboxylic acids is 1. The van der Waals surface area contributed by atoms with Gasteiger partial charge in [0.15, 0.2) is 0 Å². The van der Waals surface area contributed by atoms with E-state index >= 15 is 0 Å². The summed E-state index contributed by atoms with van der Waals surface area (Å²) in [6.07, 6.45) is 0.736. The van der Waals surface area contributed by atoms with E-state index in [9.17, 15) is 4.79 Å². The molecule has 0 heterocycles. The van der Waals surface area contributed by atoms with Crippen molar-refractivity contribution in [3.8, 4) is 0 Å². The lowest BCUT2D eigenvalue weighted by Gasteiger charge is -2.27. The standard InChI is InChI=1S/C28H25N2OP/c1-23(29-30-28(31)24-14-6-2-7-15-24)22-32(25-16-8-3-9-17-25,26-18-10-4-11-19-26)27-20-12-5-13-21-27/h2-21H,22H2,1H3/p+1/b29-23-. The van der Waals surface area contributed by atoms with Gasteiger partial charge < -0.3 is 0 Å². The summed E-state index contributed by atoms with van der Waals surface area (Å²) < 4.78 is 0. The van der Waals surface area contributed by atoms with E-state index in [-0.39, 0.29) is 5.91 Å². The first kappa shape index (κ1) is 21.7. The van der Waals surface area contributed by atoms with Crippen molar-refractivity contribution >= 4 is 34.8 Å². The van der Waals surface area contributed by atoms with E-state index in [1.165, 1.54) is 15.9 Å². The topological polar surface area (TPSA) is 41.5 Å². The van der Waals surface area contributed by atoms with Crippen LogP contribution in [0.2, 0.25) is 0 Å². The van der Waals surface area contributed by atoms with Gasteiger partial charge in [0.1, 0.15) is 29.3 Å². The van der Waals surface area contributed by atoms with E-state index in [0.29, 0.717) is 5.56 Å². The summed E-state index contributed by atoms with van der Waals surface area (Å²) in [5, 5.41) is 8.39. The van der Waals surface area contributed by atoms with Gasteiger partial charge in [-0.15, -0.1) is 0 Å². The maximum absolute atomic E-state index is 12.5. The predicted molar refractivity (Wildman–Crippen MR) is 137 cm³/mol. The van der Waals surface area contributed by atoms with Crippen molar-refractivity contribution < 1.29 is 4.79 Å². The molecule has 158 valence electrons. The highest BCUT2D eigenvalue weighted by atomic mass is 31.2. The summed E-state index contributed by atoms with van der Waals surface area (Å²) in [6.45, 7) is 1.99. The summed E-state index contributed by atoms with van der Waals surface area (Å²) in [7, 11) is -2.02. The number of nitrogens with one attached hydrogen (secondary N) is 1. The number of carbonyl (C=O) groups is 1. The molecule has 0 atom stereocenters. The molecule has 1 amide bonds. The van der Waals surface area contributed by atoms with Crippen LogP contribution in [0.3, 0.4) is 0 Å². The molecule has 0 aliphatic carbocycles. The zero-order valence-corrected chi connectivity index (χ0v) is 19.0. The fourth-order valence-electron chi connectivity index (χ4n) is 3.95. The lowest BCUT2D eigenvalue weighted by Crippen LogP contribution is -2.35. The Balaban J connectivity index is 1.76. The molecule has 4 heteroatoms. The normalized spacial score (nSPS) is 11.7. The highest BCUT2D eigenvalue weighted by Gasteiger charge is 2.45. The van der Waals surface area contributed by atoms with Gasteiger partial charge in [-0.1, -0.05) is 72.8 Å². The second kappa shape index (κ2) is 10.2. The first-order chi connectivity index (χ1) is 15.7. The molecule has 1 N–H and O–H groups in total. The molecule has 0 saturated carbocycles. The smallest absolute Gasteiger partial charge is 0.267 e. The maximum atomic E-state index is 12.5. The maximum Gasteiger partial charge on any atom is 0.271 e. The summed E-state index contributed by atoms with van der Waals surface area (Å²) >= 11 is 0. The molecular weight excluding hydrogens is 411 g/mol. The molecule has 0 fully saturated rings. The molecule has 4 aromatic rings. The van der Waals surface area contributed by atoms with Crippen LogP contribution >= 0.6 is 7.26 Å². The molecule has 0 spiro atoms. The van der Waals surface area contributed by atoms with Crippen molar-refractivity contribution in [2.45, 2.75) is 6.92 Å². The van der Waals surface area contributed by atoms with Gasteiger partial charge in [-0.3, -0.25) is 4.79 Å². The lowest BCUT2D eigenvalue weighted by molar-refractivity contribution is 0.0955. The van der Waals surface area contributed by atoms with Crippen LogP contribution < -0.4 is 21.3 Å². The number of rotatable bonds is 7. The van der Waals surface area contributed by atoms with Crippen molar-refractivity contribution in [2.75, 3.05) is 6.16 Å². The summed E-state index contributed by atoms with van der Waals surface area (Å²) in [4.78, 5) is 12.5. The second-order valence-electron chi connectivity index (χ2n) is 7.63. The monoisotopic (exact) mass is 437 g/mol. The van der Waals surface area contributed by atoms with Crippen LogP contribution in [0.5, 0.6) is 0 Å². The summed E-state index contributed by atoms with van der Waals surface area (Å²) in [5.74, 6) is -0.201. The molecular formula is C28H26N2OP+. The Hall–Kier alpha value is -3.55. The Bertz CT molecular complexity index is 1080. The molecule has 0 radical (unpaired) electrons. The molecule has 0 aromatic heterocycles. The van der Waals surface area contributed by atoms with Crippen LogP contribution in [0.15, 0.2) is 126 Å². The van der Waals surface area contributed by atoms with Crippen LogP contribution in [0, 0.1) is 0 Å². The third-order valence-electron chi connectivity index (χ3n) is 5.44. The number of nitrogens with zero attached hydrogens (tertiary/aromatic N) is 1. The minimum absolute atomic E-state index is 0.201. The van der Waals surface area contributed by atoms with E-state index in [1.807, 2.05) is 25.1 Å². The SMILES string of the molecule is C/C(C[P+](c1ccccc1)(c1ccccc1)c1ccccc1)=N/NC(=O)c1ccccc1. The van der Waals surface area contributed by atoms with Gasteiger partial charge in [0, 0.05) is 5.56 Å². The molecule has 0 aliphatic rings. The number of amides is 1. The minimum Gasteiger partial charge on any atom is -0.267 e. The quantitative estimate of drug-likeness (QED) is 0.252. The fraction of sp³-hybridized carbons (Fsp3) is 0.0714. The third-order valence-corrected chi connectivity index (χ3v) is 9.91. The predicted octanol–water partition coefficient (Wildman–Crippen LogP) is 4.79. The Labute approximate surface area is 190 Å². The van der Waals surface area contributed by atoms with Gasteiger partial charge >= 0.3 is 0 Å². The molecule has 0 bridgehead atoms. The van der Waals surface area contributed by atoms with Crippen LogP contribution in [0.4, 0.5) is 0 Å². The van der Waals surface area contributed by atoms with Crippen LogP contribution in [0.25, 0.3) is 0 Å². The van der Waals surface area contributed by atoms with Crippen LogP contribution in [-0.2, 0) is 0 Å². The van der Waals surface area contributed by atoms with Gasteiger partial charge in [0.05, 0.1) is 5.71 Å². The molecule has 4 rings (SSSR count). The first-order valence-corrected chi connectivity index (χ1v) is 12.6. The van der Waals surface area contributed by atoms with Gasteiger partial charge in [0.25, 0.3) is 5.91 Å². The van der Waals surface area contributed by atoms with E-state index in [2.05, 4.69) is 102 Å². The second-order valence-corrected chi connectivity index (χ2v) is 11.1. The Morgan fingerprint density at radius 1 is 0.656 bits per heavy atom. The summed E-state index contributed by atoms with van der Waals surface area (Å²) in [5.41, 5.74) is 4.23. The number of hydrogen-bond acceptors (Lipinski definition) is 2. The first-order valence-electron chi connectivity index (χ1n) is 10.6. The number of hydrogen-bond donors (Lipinski definition) is 1. The van der Waals surface area contributed by atoms with Crippen molar-refractivity contribution in [1.29, 1.82) is 0 Å². The van der Waals surface area contributed by atoms with Crippen molar-refractivity contribution in [1.82, 2.24) is 5.43 Å².